The van der Waals surface area contributed by atoms with E-state index >= 15 is 0 Å². The minimum atomic E-state index is 0.637. The van der Waals surface area contributed by atoms with E-state index in [1.54, 1.807) is 11.8 Å². The van der Waals surface area contributed by atoms with Crippen LogP contribution in [0.2, 0.25) is 0 Å². The van der Waals surface area contributed by atoms with Gasteiger partial charge in [-0.2, -0.15) is 0 Å². The van der Waals surface area contributed by atoms with Crippen LogP contribution < -0.4 is 5.73 Å². The number of hydrogen-bond acceptors (Lipinski definition) is 4. The third kappa shape index (κ3) is 4.33. The standard InChI is InChI=1S/C15H19N3S/c1-11-5-12(2)7-14(6-11)10-19-15-17-8-13(3-4-16)9-18-15/h5-9H,3-4,10,16H2,1-2H3. The normalized spacial score (nSPS) is 10.7. The molecule has 0 saturated heterocycles. The summed E-state index contributed by atoms with van der Waals surface area (Å²) in [5.74, 6) is 0.902. The highest BCUT2D eigenvalue weighted by Gasteiger charge is 2.01. The largest absolute Gasteiger partial charge is 0.330 e. The molecule has 0 unspecified atom stereocenters. The zero-order chi connectivity index (χ0) is 13.7. The van der Waals surface area contributed by atoms with E-state index in [1.165, 1.54) is 16.7 Å². The predicted octanol–water partition coefficient (Wildman–Crippen LogP) is 2.89. The van der Waals surface area contributed by atoms with Crippen molar-refractivity contribution in [1.29, 1.82) is 0 Å². The van der Waals surface area contributed by atoms with Crippen LogP contribution in [-0.4, -0.2) is 16.5 Å². The first kappa shape index (κ1) is 14.0. The van der Waals surface area contributed by atoms with E-state index in [-0.39, 0.29) is 0 Å². The van der Waals surface area contributed by atoms with E-state index in [2.05, 4.69) is 42.0 Å². The highest BCUT2D eigenvalue weighted by Crippen LogP contribution is 2.20. The van der Waals surface area contributed by atoms with E-state index in [9.17, 15) is 0 Å². The van der Waals surface area contributed by atoms with E-state index in [0.717, 1.165) is 22.9 Å². The lowest BCUT2D eigenvalue weighted by Gasteiger charge is -2.05. The van der Waals surface area contributed by atoms with Crippen LogP contribution in [0.3, 0.4) is 0 Å². The van der Waals surface area contributed by atoms with E-state index in [4.69, 9.17) is 5.73 Å². The first-order chi connectivity index (χ1) is 9.17. The Labute approximate surface area is 118 Å². The average molecular weight is 273 g/mol. The molecule has 1 aromatic heterocycles. The summed E-state index contributed by atoms with van der Waals surface area (Å²) < 4.78 is 0. The van der Waals surface area contributed by atoms with Crippen LogP contribution in [0.15, 0.2) is 35.7 Å². The molecule has 4 heteroatoms. The summed E-state index contributed by atoms with van der Waals surface area (Å²) in [5.41, 5.74) is 10.5. The molecule has 3 nitrogen and oxygen atoms in total. The number of aromatic nitrogens is 2. The zero-order valence-corrected chi connectivity index (χ0v) is 12.2. The average Bonchev–Trinajstić information content (AvgIpc) is 2.37. The van der Waals surface area contributed by atoms with Gasteiger partial charge in [0, 0.05) is 18.1 Å². The molecule has 0 aliphatic rings. The third-order valence-corrected chi connectivity index (χ3v) is 3.71. The summed E-state index contributed by atoms with van der Waals surface area (Å²) >= 11 is 1.66. The van der Waals surface area contributed by atoms with Gasteiger partial charge in [0.1, 0.15) is 0 Å². The Kier molecular flexibility index (Phi) is 4.93. The molecular formula is C15H19N3S. The predicted molar refractivity (Wildman–Crippen MR) is 80.3 cm³/mol. The van der Waals surface area contributed by atoms with Crippen LogP contribution in [0.5, 0.6) is 0 Å². The minimum absolute atomic E-state index is 0.637. The minimum Gasteiger partial charge on any atom is -0.330 e. The summed E-state index contributed by atoms with van der Waals surface area (Å²) in [4.78, 5) is 8.71. The van der Waals surface area contributed by atoms with Crippen molar-refractivity contribution >= 4 is 11.8 Å². The van der Waals surface area contributed by atoms with E-state index in [0.29, 0.717) is 6.54 Å². The van der Waals surface area contributed by atoms with Crippen molar-refractivity contribution in [2.75, 3.05) is 6.54 Å². The highest BCUT2D eigenvalue weighted by atomic mass is 32.2. The zero-order valence-electron chi connectivity index (χ0n) is 11.4. The Balaban J connectivity index is 1.98. The molecule has 0 bridgehead atoms. The van der Waals surface area contributed by atoms with Gasteiger partial charge in [0.2, 0.25) is 0 Å². The van der Waals surface area contributed by atoms with Crippen molar-refractivity contribution in [1.82, 2.24) is 9.97 Å². The lowest BCUT2D eigenvalue weighted by Crippen LogP contribution is -2.03. The van der Waals surface area contributed by atoms with Crippen LogP contribution in [0.25, 0.3) is 0 Å². The number of thioether (sulfide) groups is 1. The van der Waals surface area contributed by atoms with Crippen LogP contribution >= 0.6 is 11.8 Å². The van der Waals surface area contributed by atoms with Gasteiger partial charge in [0.25, 0.3) is 0 Å². The number of hydrogen-bond donors (Lipinski definition) is 1. The lowest BCUT2D eigenvalue weighted by atomic mass is 10.1. The van der Waals surface area contributed by atoms with Crippen molar-refractivity contribution in [2.45, 2.75) is 31.2 Å². The molecule has 19 heavy (non-hydrogen) atoms. The monoisotopic (exact) mass is 273 g/mol. The van der Waals surface area contributed by atoms with Crippen molar-refractivity contribution in [2.24, 2.45) is 5.73 Å². The summed E-state index contributed by atoms with van der Waals surface area (Å²) in [5, 5.41) is 0.819. The summed E-state index contributed by atoms with van der Waals surface area (Å²) in [6, 6.07) is 6.61. The van der Waals surface area contributed by atoms with Crippen LogP contribution in [-0.2, 0) is 12.2 Å². The molecule has 1 heterocycles. The van der Waals surface area contributed by atoms with Gasteiger partial charge in [0.05, 0.1) is 0 Å². The van der Waals surface area contributed by atoms with Gasteiger partial charge in [-0.3, -0.25) is 0 Å². The van der Waals surface area contributed by atoms with Gasteiger partial charge in [-0.25, -0.2) is 9.97 Å². The molecule has 2 aromatic rings. The maximum Gasteiger partial charge on any atom is 0.187 e. The Bertz CT molecular complexity index is 517. The van der Waals surface area contributed by atoms with Crippen LogP contribution in [0.4, 0.5) is 0 Å². The lowest BCUT2D eigenvalue weighted by molar-refractivity contribution is 0.890. The van der Waals surface area contributed by atoms with Gasteiger partial charge >= 0.3 is 0 Å². The summed E-state index contributed by atoms with van der Waals surface area (Å²) in [6.07, 6.45) is 4.56. The molecule has 0 atom stereocenters. The molecule has 0 radical (unpaired) electrons. The first-order valence-corrected chi connectivity index (χ1v) is 7.37. The topological polar surface area (TPSA) is 51.8 Å². The molecule has 2 N–H and O–H groups in total. The second kappa shape index (κ2) is 6.68. The Hall–Kier alpha value is -1.39. The van der Waals surface area contributed by atoms with Crippen LogP contribution in [0, 0.1) is 13.8 Å². The maximum absolute atomic E-state index is 5.50. The fourth-order valence-electron chi connectivity index (χ4n) is 2.01. The molecule has 0 aliphatic heterocycles. The maximum atomic E-state index is 5.50. The van der Waals surface area contributed by atoms with E-state index in [1.807, 2.05) is 12.4 Å². The van der Waals surface area contributed by atoms with Crippen molar-refractivity contribution < 1.29 is 0 Å². The molecule has 0 aliphatic carbocycles. The van der Waals surface area contributed by atoms with Gasteiger partial charge in [-0.15, -0.1) is 0 Å². The molecule has 0 spiro atoms. The molecular weight excluding hydrogens is 254 g/mol. The quantitative estimate of drug-likeness (QED) is 0.672. The van der Waals surface area contributed by atoms with Crippen LogP contribution in [0.1, 0.15) is 22.3 Å². The Morgan fingerprint density at radius 3 is 2.21 bits per heavy atom. The molecule has 2 rings (SSSR count). The second-order valence-electron chi connectivity index (χ2n) is 4.70. The second-order valence-corrected chi connectivity index (χ2v) is 5.64. The van der Waals surface area contributed by atoms with E-state index < -0.39 is 0 Å². The fraction of sp³-hybridized carbons (Fsp3) is 0.333. The molecule has 1 aromatic carbocycles. The number of nitrogens with two attached hydrogens (primary N) is 1. The Morgan fingerprint density at radius 2 is 1.63 bits per heavy atom. The summed E-state index contributed by atoms with van der Waals surface area (Å²) in [7, 11) is 0. The SMILES string of the molecule is Cc1cc(C)cc(CSc2ncc(CCN)cn2)c1. The molecule has 0 saturated carbocycles. The summed E-state index contributed by atoms with van der Waals surface area (Å²) in [6.45, 7) is 4.89. The van der Waals surface area contributed by atoms with Crippen molar-refractivity contribution in [3.8, 4) is 0 Å². The molecule has 100 valence electrons. The number of benzene rings is 1. The molecule has 0 fully saturated rings. The van der Waals surface area contributed by atoms with Gasteiger partial charge in [0.15, 0.2) is 5.16 Å². The van der Waals surface area contributed by atoms with Crippen molar-refractivity contribution in [3.05, 3.63) is 52.8 Å². The van der Waals surface area contributed by atoms with Gasteiger partial charge in [-0.1, -0.05) is 41.1 Å². The molecule has 0 amide bonds. The highest BCUT2D eigenvalue weighted by molar-refractivity contribution is 7.98. The Morgan fingerprint density at radius 1 is 1.00 bits per heavy atom. The van der Waals surface area contributed by atoms with Gasteiger partial charge < -0.3 is 5.73 Å². The number of aryl methyl sites for hydroxylation is 2. The number of rotatable bonds is 5. The fourth-order valence-corrected chi connectivity index (χ4v) is 2.73. The smallest absolute Gasteiger partial charge is 0.187 e. The van der Waals surface area contributed by atoms with Crippen molar-refractivity contribution in [3.63, 3.8) is 0 Å². The number of nitrogens with zero attached hydrogens (tertiary/aromatic N) is 2. The first-order valence-electron chi connectivity index (χ1n) is 6.38. The third-order valence-electron chi connectivity index (χ3n) is 2.76. The van der Waals surface area contributed by atoms with Gasteiger partial charge in [-0.05, 0) is 37.9 Å².